The van der Waals surface area contributed by atoms with Gasteiger partial charge in [-0.1, -0.05) is 0 Å². The number of fused-ring (bicyclic) bond motifs is 1. The molecule has 4 heterocycles. The summed E-state index contributed by atoms with van der Waals surface area (Å²) in [5.41, 5.74) is 3.06. The zero-order valence-corrected chi connectivity index (χ0v) is 18.1. The number of hydrazone groups is 1. The molecule has 31 heavy (non-hydrogen) atoms. The number of aromatic amines is 1. The number of rotatable bonds is 8. The van der Waals surface area contributed by atoms with Crippen LogP contribution in [0, 0.1) is 5.82 Å². The van der Waals surface area contributed by atoms with Crippen LogP contribution >= 0.6 is 11.3 Å². The van der Waals surface area contributed by atoms with Crippen LogP contribution in [0.25, 0.3) is 10.3 Å². The summed E-state index contributed by atoms with van der Waals surface area (Å²) in [5.74, 6) is 0.179. The van der Waals surface area contributed by atoms with Crippen molar-refractivity contribution in [3.05, 3.63) is 57.9 Å². The summed E-state index contributed by atoms with van der Waals surface area (Å²) in [7, 11) is 5.25. The van der Waals surface area contributed by atoms with Crippen LogP contribution in [0.2, 0.25) is 0 Å². The number of anilines is 1. The van der Waals surface area contributed by atoms with E-state index in [0.29, 0.717) is 23.5 Å². The number of hydrogen-bond donors (Lipinski definition) is 2. The minimum absolute atomic E-state index is 0.178. The Morgan fingerprint density at radius 2 is 2.19 bits per heavy atom. The highest BCUT2D eigenvalue weighted by Crippen LogP contribution is 2.30. The molecule has 0 aliphatic rings. The Labute approximate surface area is 181 Å². The second-order valence-electron chi connectivity index (χ2n) is 6.91. The van der Waals surface area contributed by atoms with E-state index < -0.39 is 5.82 Å². The second kappa shape index (κ2) is 8.64. The van der Waals surface area contributed by atoms with Gasteiger partial charge in [0.15, 0.2) is 11.9 Å². The zero-order chi connectivity index (χ0) is 22.0. The molecule has 0 fully saturated rings. The predicted molar refractivity (Wildman–Crippen MR) is 118 cm³/mol. The van der Waals surface area contributed by atoms with E-state index in [1.165, 1.54) is 17.4 Å². The van der Waals surface area contributed by atoms with Crippen molar-refractivity contribution in [2.75, 3.05) is 19.4 Å². The Morgan fingerprint density at radius 1 is 1.35 bits per heavy atom. The lowest BCUT2D eigenvalue weighted by Crippen LogP contribution is -2.14. The molecule has 0 aliphatic carbocycles. The fourth-order valence-corrected chi connectivity index (χ4v) is 4.33. The van der Waals surface area contributed by atoms with Crippen molar-refractivity contribution in [1.29, 1.82) is 0 Å². The molecule has 0 atom stereocenters. The number of hydrogen-bond acceptors (Lipinski definition) is 8. The summed E-state index contributed by atoms with van der Waals surface area (Å²) < 4.78 is 16.7. The molecule has 0 aliphatic heterocycles. The van der Waals surface area contributed by atoms with E-state index in [2.05, 4.69) is 30.6 Å². The summed E-state index contributed by atoms with van der Waals surface area (Å²) in [4.78, 5) is 20.6. The van der Waals surface area contributed by atoms with E-state index in [-0.39, 0.29) is 12.2 Å². The number of nitrogens with one attached hydrogen (secondary N) is 2. The topological polar surface area (TPSA) is 104 Å². The SMILES string of the molecule is CNc1ccc(F)c(CN(C)/N=C\c2c(C=O)n(C)c3nc(Cc4cc[nH]n4)sc23)n1. The molecule has 4 rings (SSSR count). The number of carbonyl (C=O) groups excluding carboxylic acids is 1. The summed E-state index contributed by atoms with van der Waals surface area (Å²) in [6.45, 7) is 0.178. The van der Waals surface area contributed by atoms with E-state index in [9.17, 15) is 9.18 Å². The van der Waals surface area contributed by atoms with Crippen LogP contribution in [0.3, 0.4) is 0 Å². The van der Waals surface area contributed by atoms with E-state index in [1.54, 1.807) is 49.2 Å². The molecule has 4 aromatic heterocycles. The Bertz CT molecular complexity index is 1240. The van der Waals surface area contributed by atoms with Crippen LogP contribution < -0.4 is 5.32 Å². The van der Waals surface area contributed by atoms with Crippen LogP contribution in [-0.4, -0.2) is 56.3 Å². The fraction of sp³-hybridized carbons (Fsp3) is 0.250. The predicted octanol–water partition coefficient (Wildman–Crippen LogP) is 2.80. The van der Waals surface area contributed by atoms with Gasteiger partial charge in [0.2, 0.25) is 0 Å². The molecular formula is C20H21FN8OS. The lowest BCUT2D eigenvalue weighted by molar-refractivity contribution is 0.111. The van der Waals surface area contributed by atoms with Crippen LogP contribution in [0.15, 0.2) is 29.5 Å². The molecular weight excluding hydrogens is 419 g/mol. The Balaban J connectivity index is 1.61. The van der Waals surface area contributed by atoms with Gasteiger partial charge in [0, 0.05) is 39.3 Å². The smallest absolute Gasteiger partial charge is 0.167 e. The maximum Gasteiger partial charge on any atom is 0.167 e. The summed E-state index contributed by atoms with van der Waals surface area (Å²) in [6, 6.07) is 4.84. The van der Waals surface area contributed by atoms with Gasteiger partial charge in [-0.05, 0) is 18.2 Å². The minimum Gasteiger partial charge on any atom is -0.373 e. The molecule has 0 spiro atoms. The maximum atomic E-state index is 14.1. The molecule has 0 amide bonds. The number of carbonyl (C=O) groups is 1. The molecule has 0 aromatic carbocycles. The zero-order valence-electron chi connectivity index (χ0n) is 17.3. The van der Waals surface area contributed by atoms with Gasteiger partial charge in [0.25, 0.3) is 0 Å². The highest BCUT2D eigenvalue weighted by atomic mass is 32.1. The molecule has 0 unspecified atom stereocenters. The maximum absolute atomic E-state index is 14.1. The third-order valence-corrected chi connectivity index (χ3v) is 5.87. The van der Waals surface area contributed by atoms with Crippen LogP contribution in [0.1, 0.15) is 32.4 Å². The van der Waals surface area contributed by atoms with Crippen LogP contribution in [0.4, 0.5) is 10.2 Å². The molecule has 0 saturated heterocycles. The number of thiazole rings is 1. The van der Waals surface area contributed by atoms with Crippen molar-refractivity contribution < 1.29 is 9.18 Å². The van der Waals surface area contributed by atoms with Gasteiger partial charge in [-0.25, -0.2) is 14.4 Å². The van der Waals surface area contributed by atoms with Crippen molar-refractivity contribution in [2.45, 2.75) is 13.0 Å². The van der Waals surface area contributed by atoms with Crippen molar-refractivity contribution in [3.8, 4) is 0 Å². The van der Waals surface area contributed by atoms with E-state index in [1.807, 2.05) is 6.07 Å². The average Bonchev–Trinajstić information content (AvgIpc) is 3.47. The van der Waals surface area contributed by atoms with Crippen molar-refractivity contribution in [2.24, 2.45) is 12.1 Å². The van der Waals surface area contributed by atoms with Crippen molar-refractivity contribution >= 4 is 40.0 Å². The van der Waals surface area contributed by atoms with Gasteiger partial charge < -0.3 is 9.88 Å². The first-order valence-corrected chi connectivity index (χ1v) is 10.3. The van der Waals surface area contributed by atoms with Gasteiger partial charge in [-0.3, -0.25) is 14.9 Å². The summed E-state index contributed by atoms with van der Waals surface area (Å²) in [5, 5.41) is 16.7. The molecule has 0 radical (unpaired) electrons. The first-order chi connectivity index (χ1) is 15.0. The summed E-state index contributed by atoms with van der Waals surface area (Å²) >= 11 is 1.50. The molecule has 160 valence electrons. The lowest BCUT2D eigenvalue weighted by Gasteiger charge is -2.13. The second-order valence-corrected chi connectivity index (χ2v) is 8.00. The Kier molecular flexibility index (Phi) is 5.76. The highest BCUT2D eigenvalue weighted by molar-refractivity contribution is 7.19. The highest BCUT2D eigenvalue weighted by Gasteiger charge is 2.19. The number of pyridine rings is 1. The quantitative estimate of drug-likeness (QED) is 0.248. The van der Waals surface area contributed by atoms with E-state index in [0.717, 1.165) is 27.3 Å². The van der Waals surface area contributed by atoms with E-state index >= 15 is 0 Å². The van der Waals surface area contributed by atoms with Gasteiger partial charge in [0.05, 0.1) is 34.5 Å². The molecule has 4 aromatic rings. The average molecular weight is 441 g/mol. The van der Waals surface area contributed by atoms with Gasteiger partial charge in [-0.15, -0.1) is 11.3 Å². The fourth-order valence-electron chi connectivity index (χ4n) is 3.20. The van der Waals surface area contributed by atoms with Gasteiger partial charge >= 0.3 is 0 Å². The number of halogens is 1. The number of aldehydes is 1. The monoisotopic (exact) mass is 440 g/mol. The minimum atomic E-state index is -0.401. The van der Waals surface area contributed by atoms with Gasteiger partial charge in [0.1, 0.15) is 16.6 Å². The van der Waals surface area contributed by atoms with E-state index in [4.69, 9.17) is 0 Å². The van der Waals surface area contributed by atoms with Gasteiger partial charge in [-0.2, -0.15) is 10.2 Å². The normalized spacial score (nSPS) is 11.5. The first-order valence-electron chi connectivity index (χ1n) is 9.50. The number of aromatic nitrogens is 5. The van der Waals surface area contributed by atoms with Crippen molar-refractivity contribution in [3.63, 3.8) is 0 Å². The number of aryl methyl sites for hydroxylation is 1. The van der Waals surface area contributed by atoms with Crippen LogP contribution in [0.5, 0.6) is 0 Å². The third kappa shape index (κ3) is 4.17. The number of H-pyrrole nitrogens is 1. The Hall–Kier alpha value is -3.60. The largest absolute Gasteiger partial charge is 0.373 e. The van der Waals surface area contributed by atoms with Crippen molar-refractivity contribution in [1.82, 2.24) is 29.7 Å². The molecule has 11 heteroatoms. The van der Waals surface area contributed by atoms with Crippen LogP contribution in [-0.2, 0) is 20.0 Å². The third-order valence-electron chi connectivity index (χ3n) is 4.79. The molecule has 2 N–H and O–H groups in total. The Morgan fingerprint density at radius 3 is 2.90 bits per heavy atom. The molecule has 9 nitrogen and oxygen atoms in total. The molecule has 0 saturated carbocycles. The standard InChI is InChI=1S/C20H21FN8OS/c1-22-17-5-4-14(21)15(25-17)10-28(2)24-9-13-16(11-30)29(3)20-19(13)31-18(26-20)8-12-6-7-23-27-12/h4-7,9,11H,8,10H2,1-3H3,(H,22,25)(H,23,27)/b24-9-. The summed E-state index contributed by atoms with van der Waals surface area (Å²) in [6.07, 6.45) is 4.77. The number of nitrogens with zero attached hydrogens (tertiary/aromatic N) is 6. The first kappa shape index (κ1) is 20.7. The lowest BCUT2D eigenvalue weighted by atomic mass is 10.3. The molecule has 0 bridgehead atoms.